The van der Waals surface area contributed by atoms with Crippen LogP contribution in [0.25, 0.3) is 11.1 Å². The van der Waals surface area contributed by atoms with Crippen LogP contribution in [0.2, 0.25) is 0 Å². The summed E-state index contributed by atoms with van der Waals surface area (Å²) in [5, 5.41) is 0. The van der Waals surface area contributed by atoms with Crippen LogP contribution in [-0.2, 0) is 6.42 Å². The number of methoxy groups -OCH3 is 1. The van der Waals surface area contributed by atoms with E-state index in [9.17, 15) is 4.39 Å². The Kier molecular flexibility index (Phi) is 4.53. The Labute approximate surface area is 135 Å². The summed E-state index contributed by atoms with van der Waals surface area (Å²) in [7, 11) is 1.55. The summed E-state index contributed by atoms with van der Waals surface area (Å²) >= 11 is 1.94. The standard InChI is InChI=1S/C19H19FOS/c1-13-7-15(12-22-13)8-14-3-5-16(6-4-14)17-9-18(20)11-19(10-17)21-2/h3-7,9-11,15H,8,12H2,1-2H3. The van der Waals surface area contributed by atoms with Crippen molar-refractivity contribution in [3.63, 3.8) is 0 Å². The van der Waals surface area contributed by atoms with Crippen molar-refractivity contribution in [2.75, 3.05) is 12.9 Å². The lowest BCUT2D eigenvalue weighted by atomic mass is 9.98. The summed E-state index contributed by atoms with van der Waals surface area (Å²) in [6.45, 7) is 2.17. The minimum atomic E-state index is -0.276. The van der Waals surface area contributed by atoms with Crippen LogP contribution in [0.15, 0.2) is 53.4 Å². The Morgan fingerprint density at radius 2 is 1.91 bits per heavy atom. The lowest BCUT2D eigenvalue weighted by Gasteiger charge is -2.09. The predicted molar refractivity (Wildman–Crippen MR) is 91.8 cm³/mol. The van der Waals surface area contributed by atoms with Gasteiger partial charge in [-0.1, -0.05) is 30.3 Å². The van der Waals surface area contributed by atoms with Crippen LogP contribution in [0.5, 0.6) is 5.75 Å². The van der Waals surface area contributed by atoms with Crippen LogP contribution in [-0.4, -0.2) is 12.9 Å². The topological polar surface area (TPSA) is 9.23 Å². The summed E-state index contributed by atoms with van der Waals surface area (Å²) in [4.78, 5) is 1.42. The molecule has 0 fully saturated rings. The molecule has 0 saturated carbocycles. The van der Waals surface area contributed by atoms with Crippen molar-refractivity contribution in [3.05, 3.63) is 64.8 Å². The zero-order valence-electron chi connectivity index (χ0n) is 12.8. The highest BCUT2D eigenvalue weighted by Gasteiger charge is 2.14. The number of halogens is 1. The average molecular weight is 314 g/mol. The minimum Gasteiger partial charge on any atom is -0.497 e. The average Bonchev–Trinajstić information content (AvgIpc) is 2.92. The highest BCUT2D eigenvalue weighted by molar-refractivity contribution is 8.03. The molecule has 114 valence electrons. The number of thioether (sulfide) groups is 1. The molecular weight excluding hydrogens is 295 g/mol. The molecule has 2 aromatic rings. The molecule has 1 heterocycles. The fourth-order valence-electron chi connectivity index (χ4n) is 2.77. The number of hydrogen-bond donors (Lipinski definition) is 0. The van der Waals surface area contributed by atoms with Crippen molar-refractivity contribution >= 4 is 11.8 Å². The van der Waals surface area contributed by atoms with Gasteiger partial charge in [0.05, 0.1) is 7.11 Å². The first-order chi connectivity index (χ1) is 10.6. The monoisotopic (exact) mass is 314 g/mol. The third-order valence-corrected chi connectivity index (χ3v) is 5.07. The van der Waals surface area contributed by atoms with Crippen molar-refractivity contribution in [3.8, 4) is 16.9 Å². The third kappa shape index (κ3) is 3.53. The quantitative estimate of drug-likeness (QED) is 0.756. The van der Waals surface area contributed by atoms with E-state index in [1.807, 2.05) is 17.8 Å². The minimum absolute atomic E-state index is 0.276. The summed E-state index contributed by atoms with van der Waals surface area (Å²) in [5.41, 5.74) is 3.17. The molecule has 1 nitrogen and oxygen atoms in total. The van der Waals surface area contributed by atoms with Gasteiger partial charge < -0.3 is 4.74 Å². The summed E-state index contributed by atoms with van der Waals surface area (Å²) < 4.78 is 18.7. The first-order valence-electron chi connectivity index (χ1n) is 7.39. The molecule has 0 radical (unpaired) electrons. The molecule has 0 N–H and O–H groups in total. The van der Waals surface area contributed by atoms with Gasteiger partial charge in [-0.25, -0.2) is 4.39 Å². The van der Waals surface area contributed by atoms with E-state index >= 15 is 0 Å². The highest BCUT2D eigenvalue weighted by Crippen LogP contribution is 2.31. The Morgan fingerprint density at radius 1 is 1.14 bits per heavy atom. The van der Waals surface area contributed by atoms with Crippen molar-refractivity contribution in [2.45, 2.75) is 13.3 Å². The number of rotatable bonds is 4. The number of benzene rings is 2. The van der Waals surface area contributed by atoms with Gasteiger partial charge in [0.25, 0.3) is 0 Å². The Morgan fingerprint density at radius 3 is 2.55 bits per heavy atom. The SMILES string of the molecule is COc1cc(F)cc(-c2ccc(CC3C=C(C)SC3)cc2)c1. The van der Waals surface area contributed by atoms with Crippen molar-refractivity contribution in [1.82, 2.24) is 0 Å². The van der Waals surface area contributed by atoms with E-state index in [2.05, 4.69) is 37.3 Å². The molecule has 0 aliphatic carbocycles. The van der Waals surface area contributed by atoms with Crippen molar-refractivity contribution in [2.24, 2.45) is 5.92 Å². The molecule has 1 aliphatic heterocycles. The van der Waals surface area contributed by atoms with Crippen LogP contribution in [0, 0.1) is 11.7 Å². The number of hydrogen-bond acceptors (Lipinski definition) is 2. The zero-order valence-corrected chi connectivity index (χ0v) is 13.6. The van der Waals surface area contributed by atoms with Crippen molar-refractivity contribution < 1.29 is 9.13 Å². The second kappa shape index (κ2) is 6.57. The van der Waals surface area contributed by atoms with Crippen LogP contribution < -0.4 is 4.74 Å². The van der Waals surface area contributed by atoms with E-state index in [1.54, 1.807) is 7.11 Å². The van der Waals surface area contributed by atoms with E-state index in [1.165, 1.54) is 28.4 Å². The van der Waals surface area contributed by atoms with Gasteiger partial charge >= 0.3 is 0 Å². The smallest absolute Gasteiger partial charge is 0.127 e. The van der Waals surface area contributed by atoms with Gasteiger partial charge in [0.1, 0.15) is 11.6 Å². The van der Waals surface area contributed by atoms with E-state index in [-0.39, 0.29) is 5.82 Å². The van der Waals surface area contributed by atoms with Gasteiger partial charge in [-0.15, -0.1) is 11.8 Å². The molecular formula is C19H19FOS. The third-order valence-electron chi connectivity index (χ3n) is 3.89. The molecule has 22 heavy (non-hydrogen) atoms. The summed E-state index contributed by atoms with van der Waals surface area (Å²) in [6, 6.07) is 13.2. The van der Waals surface area contributed by atoms with Gasteiger partial charge in [0.2, 0.25) is 0 Å². The second-order valence-electron chi connectivity index (χ2n) is 5.63. The fraction of sp³-hybridized carbons (Fsp3) is 0.263. The molecule has 0 spiro atoms. The van der Waals surface area contributed by atoms with E-state index in [0.29, 0.717) is 11.7 Å². The maximum atomic E-state index is 13.6. The fourth-order valence-corrected chi connectivity index (χ4v) is 3.75. The maximum Gasteiger partial charge on any atom is 0.127 e. The number of allylic oxidation sites excluding steroid dienone is 2. The van der Waals surface area contributed by atoms with Crippen LogP contribution in [0.1, 0.15) is 12.5 Å². The van der Waals surface area contributed by atoms with Gasteiger partial charge in [-0.2, -0.15) is 0 Å². The molecule has 0 aromatic heterocycles. The van der Waals surface area contributed by atoms with Gasteiger partial charge in [0, 0.05) is 11.8 Å². The van der Waals surface area contributed by atoms with E-state index < -0.39 is 0 Å². The van der Waals surface area contributed by atoms with Gasteiger partial charge in [-0.05, 0) is 53.0 Å². The van der Waals surface area contributed by atoms with E-state index in [4.69, 9.17) is 4.74 Å². The maximum absolute atomic E-state index is 13.6. The summed E-state index contributed by atoms with van der Waals surface area (Å²) in [6.07, 6.45) is 3.42. The van der Waals surface area contributed by atoms with Crippen LogP contribution >= 0.6 is 11.8 Å². The Hall–Kier alpha value is -1.74. The highest BCUT2D eigenvalue weighted by atomic mass is 32.2. The molecule has 0 bridgehead atoms. The molecule has 0 saturated heterocycles. The summed E-state index contributed by atoms with van der Waals surface area (Å²) in [5.74, 6) is 2.07. The van der Waals surface area contributed by atoms with E-state index in [0.717, 1.165) is 17.5 Å². The van der Waals surface area contributed by atoms with Crippen molar-refractivity contribution in [1.29, 1.82) is 0 Å². The Balaban J connectivity index is 1.78. The lowest BCUT2D eigenvalue weighted by molar-refractivity contribution is 0.411. The second-order valence-corrected chi connectivity index (χ2v) is 6.90. The predicted octanol–water partition coefficient (Wildman–Crippen LogP) is 5.31. The van der Waals surface area contributed by atoms with Gasteiger partial charge in [0.15, 0.2) is 0 Å². The first kappa shape index (κ1) is 15.2. The molecule has 3 heteroatoms. The molecule has 1 unspecified atom stereocenters. The Bertz CT molecular complexity index is 691. The number of ether oxygens (including phenoxy) is 1. The molecule has 1 atom stereocenters. The molecule has 1 aliphatic rings. The normalized spacial score (nSPS) is 17.4. The van der Waals surface area contributed by atoms with Crippen LogP contribution in [0.4, 0.5) is 4.39 Å². The molecule has 0 amide bonds. The first-order valence-corrected chi connectivity index (χ1v) is 8.38. The molecule has 3 rings (SSSR count). The van der Waals surface area contributed by atoms with Crippen LogP contribution in [0.3, 0.4) is 0 Å². The zero-order chi connectivity index (χ0) is 15.5. The largest absolute Gasteiger partial charge is 0.497 e. The lowest BCUT2D eigenvalue weighted by Crippen LogP contribution is -2.00. The van der Waals surface area contributed by atoms with Gasteiger partial charge in [-0.3, -0.25) is 0 Å². The molecule has 2 aromatic carbocycles.